The van der Waals surface area contributed by atoms with Gasteiger partial charge in [0.05, 0.1) is 5.30 Å². The third kappa shape index (κ3) is 4.34. The Kier molecular flexibility index (Phi) is 6.13. The molecule has 0 spiro atoms. The van der Waals surface area contributed by atoms with Gasteiger partial charge in [0, 0.05) is 6.54 Å². The molecule has 1 N–H and O–H groups in total. The molecule has 36 heavy (non-hydrogen) atoms. The molecule has 0 saturated carbocycles. The molecule has 0 fully saturated rings. The number of rotatable bonds is 7. The van der Waals surface area contributed by atoms with Gasteiger partial charge in [-0.15, -0.1) is 0 Å². The lowest BCUT2D eigenvalue weighted by Gasteiger charge is -2.25. The van der Waals surface area contributed by atoms with Crippen LogP contribution in [0.25, 0.3) is 22.3 Å². The smallest absolute Gasteiger partial charge is 0.300 e. The summed E-state index contributed by atoms with van der Waals surface area (Å²) >= 11 is 0. The highest BCUT2D eigenvalue weighted by atomic mass is 31.2. The van der Waals surface area contributed by atoms with Gasteiger partial charge in [-0.05, 0) is 51.1 Å². The molecule has 176 valence electrons. The highest BCUT2D eigenvalue weighted by molar-refractivity contribution is 7.65. The van der Waals surface area contributed by atoms with E-state index in [1.54, 1.807) is 0 Å². The summed E-state index contributed by atoms with van der Waals surface area (Å²) in [6, 6.07) is 44.5. The Labute approximate surface area is 211 Å². The molecule has 0 unspecified atom stereocenters. The van der Waals surface area contributed by atoms with Crippen LogP contribution in [0, 0.1) is 0 Å². The molecule has 6 rings (SSSR count). The summed E-state index contributed by atoms with van der Waals surface area (Å²) in [5, 5.41) is 3.96. The monoisotopic (exact) mass is 487 g/mol. The first-order valence-electron chi connectivity index (χ1n) is 12.1. The molecule has 0 bridgehead atoms. The van der Waals surface area contributed by atoms with Gasteiger partial charge in [-0.1, -0.05) is 121 Å². The molecule has 1 aliphatic rings. The number of nitrogens with one attached hydrogen (secondary N) is 1. The quantitative estimate of drug-likeness (QED) is 0.239. The lowest BCUT2D eigenvalue weighted by atomic mass is 10.1. The first-order chi connectivity index (χ1) is 17.7. The molecule has 0 aliphatic heterocycles. The normalized spacial score (nSPS) is 14.1. The van der Waals surface area contributed by atoms with Crippen LogP contribution in [0.15, 0.2) is 133 Å². The third-order valence-corrected chi connectivity index (χ3v) is 8.74. The molecule has 3 nitrogen and oxygen atoms in total. The molecule has 5 aromatic rings. The van der Waals surface area contributed by atoms with Gasteiger partial charge in [0.1, 0.15) is 6.10 Å². The maximum Gasteiger partial charge on any atom is 0.300 e. The van der Waals surface area contributed by atoms with Crippen LogP contribution >= 0.6 is 7.52 Å². The Morgan fingerprint density at radius 3 is 1.69 bits per heavy atom. The van der Waals surface area contributed by atoms with Crippen LogP contribution in [0.5, 0.6) is 0 Å². The summed E-state index contributed by atoms with van der Waals surface area (Å²) in [6.07, 6.45) is -0.416. The van der Waals surface area contributed by atoms with E-state index in [-0.39, 0.29) is 0 Å². The predicted octanol–water partition coefficient (Wildman–Crippen LogP) is 7.75. The minimum atomic E-state index is -3.46. The Morgan fingerprint density at radius 2 is 1.08 bits per heavy atom. The molecule has 1 aliphatic carbocycles. The van der Waals surface area contributed by atoms with Crippen LogP contribution in [0.4, 0.5) is 0 Å². The van der Waals surface area contributed by atoms with Gasteiger partial charge in [0.25, 0.3) is 0 Å². The van der Waals surface area contributed by atoms with Crippen LogP contribution in [-0.4, -0.2) is 0 Å². The molecule has 0 saturated heterocycles. The van der Waals surface area contributed by atoms with Crippen molar-refractivity contribution in [2.75, 3.05) is 0 Å². The average molecular weight is 488 g/mol. The summed E-state index contributed by atoms with van der Waals surface area (Å²) in [4.78, 5) is 0. The van der Waals surface area contributed by atoms with Gasteiger partial charge in [-0.2, -0.15) is 0 Å². The van der Waals surface area contributed by atoms with E-state index in [9.17, 15) is 4.57 Å². The van der Waals surface area contributed by atoms with Crippen molar-refractivity contribution >= 4 is 12.8 Å². The van der Waals surface area contributed by atoms with Crippen molar-refractivity contribution in [1.29, 1.82) is 0 Å². The lowest BCUT2D eigenvalue weighted by molar-refractivity contribution is 0.252. The topological polar surface area (TPSA) is 38.3 Å². The highest BCUT2D eigenvalue weighted by Gasteiger charge is 2.36. The maximum absolute atomic E-state index is 14.7. The van der Waals surface area contributed by atoms with Crippen molar-refractivity contribution < 1.29 is 9.09 Å². The van der Waals surface area contributed by atoms with E-state index in [0.29, 0.717) is 11.8 Å². The number of hydrogen-bond donors (Lipinski definition) is 1. The standard InChI is InChI=1S/C32H26NO2P/c34-36(33-23-24-11-3-1-4-12-24,27-21-19-26(20-22-27)25-13-5-2-6-14-25)35-32-30-17-9-7-15-28(30)29-16-8-10-18-31(29)32/h1-22,32H,23H2,(H,33,34)/t36-/m0/s1. The molecular weight excluding hydrogens is 461 g/mol. The fraction of sp³-hybridized carbons (Fsp3) is 0.0625. The van der Waals surface area contributed by atoms with E-state index >= 15 is 0 Å². The first kappa shape index (κ1) is 22.7. The van der Waals surface area contributed by atoms with Crippen LogP contribution in [0.2, 0.25) is 0 Å². The predicted molar refractivity (Wildman–Crippen MR) is 147 cm³/mol. The minimum absolute atomic E-state index is 0.416. The van der Waals surface area contributed by atoms with E-state index in [2.05, 4.69) is 41.5 Å². The SMILES string of the molecule is O=[P@](NCc1ccccc1)(OC1c2ccccc2-c2ccccc21)c1ccc(-c2ccccc2)cc1. The van der Waals surface area contributed by atoms with Gasteiger partial charge in [-0.25, -0.2) is 5.09 Å². The summed E-state index contributed by atoms with van der Waals surface area (Å²) in [5.74, 6) is 0. The Balaban J connectivity index is 1.38. The first-order valence-corrected chi connectivity index (χ1v) is 13.8. The zero-order valence-electron chi connectivity index (χ0n) is 19.7. The summed E-state index contributed by atoms with van der Waals surface area (Å²) < 4.78 is 21.3. The second-order valence-electron chi connectivity index (χ2n) is 8.94. The van der Waals surface area contributed by atoms with Crippen molar-refractivity contribution in [3.05, 3.63) is 150 Å². The van der Waals surface area contributed by atoms with Crippen LogP contribution in [0.3, 0.4) is 0 Å². The summed E-state index contributed by atoms with van der Waals surface area (Å²) in [6.45, 7) is 0.439. The van der Waals surface area contributed by atoms with Crippen LogP contribution in [0.1, 0.15) is 22.8 Å². The van der Waals surface area contributed by atoms with Crippen LogP contribution < -0.4 is 10.4 Å². The minimum Gasteiger partial charge on any atom is -0.301 e. The zero-order chi connectivity index (χ0) is 24.4. The maximum atomic E-state index is 14.7. The van der Waals surface area contributed by atoms with E-state index in [4.69, 9.17) is 4.52 Å². The molecule has 1 atom stereocenters. The number of fused-ring (bicyclic) bond motifs is 3. The molecule has 0 amide bonds. The molecule has 4 heteroatoms. The Bertz CT molecular complexity index is 1490. The van der Waals surface area contributed by atoms with E-state index in [1.165, 1.54) is 0 Å². The Morgan fingerprint density at radius 1 is 0.583 bits per heavy atom. The van der Waals surface area contributed by atoms with Crippen molar-refractivity contribution in [3.63, 3.8) is 0 Å². The van der Waals surface area contributed by atoms with Crippen molar-refractivity contribution in [2.45, 2.75) is 12.6 Å². The van der Waals surface area contributed by atoms with Gasteiger partial charge < -0.3 is 4.52 Å². The highest BCUT2D eigenvalue weighted by Crippen LogP contribution is 2.54. The third-order valence-electron chi connectivity index (χ3n) is 6.68. The summed E-state index contributed by atoms with van der Waals surface area (Å²) in [5.41, 5.74) is 7.60. The fourth-order valence-electron chi connectivity index (χ4n) is 4.83. The molecule has 0 heterocycles. The van der Waals surface area contributed by atoms with E-state index in [0.717, 1.165) is 38.9 Å². The van der Waals surface area contributed by atoms with Gasteiger partial charge >= 0.3 is 7.52 Å². The van der Waals surface area contributed by atoms with Crippen molar-refractivity contribution in [1.82, 2.24) is 5.09 Å². The number of hydrogen-bond acceptors (Lipinski definition) is 2. The van der Waals surface area contributed by atoms with E-state index < -0.39 is 13.6 Å². The zero-order valence-corrected chi connectivity index (χ0v) is 20.6. The summed E-state index contributed by atoms with van der Waals surface area (Å²) in [7, 11) is -3.46. The largest absolute Gasteiger partial charge is 0.301 e. The van der Waals surface area contributed by atoms with Crippen molar-refractivity contribution in [2.24, 2.45) is 0 Å². The van der Waals surface area contributed by atoms with Crippen LogP contribution in [-0.2, 0) is 15.6 Å². The van der Waals surface area contributed by atoms with Gasteiger partial charge in [0.15, 0.2) is 0 Å². The second kappa shape index (κ2) is 9.72. The lowest BCUT2D eigenvalue weighted by Crippen LogP contribution is -2.23. The molecule has 0 radical (unpaired) electrons. The van der Waals surface area contributed by atoms with E-state index in [1.807, 2.05) is 97.1 Å². The number of benzene rings is 5. The second-order valence-corrected chi connectivity index (χ2v) is 11.1. The Hall–Kier alpha value is -3.75. The van der Waals surface area contributed by atoms with Gasteiger partial charge in [0.2, 0.25) is 0 Å². The molecule has 0 aromatic heterocycles. The van der Waals surface area contributed by atoms with Gasteiger partial charge in [-0.3, -0.25) is 4.57 Å². The molecular formula is C32H26NO2P. The van der Waals surface area contributed by atoms with Crippen molar-refractivity contribution in [3.8, 4) is 22.3 Å². The molecule has 5 aromatic carbocycles. The average Bonchev–Trinajstić information content (AvgIpc) is 3.26. The fourth-order valence-corrected chi connectivity index (χ4v) is 6.67.